The third kappa shape index (κ3) is 4.04. The van der Waals surface area contributed by atoms with Crippen molar-refractivity contribution in [2.24, 2.45) is 0 Å². The minimum atomic E-state index is -3.73. The monoisotopic (exact) mass is 474 g/mol. The van der Waals surface area contributed by atoms with Crippen molar-refractivity contribution in [2.45, 2.75) is 11.8 Å². The zero-order chi connectivity index (χ0) is 23.0. The number of hydrogen-bond donors (Lipinski definition) is 1. The zero-order valence-electron chi connectivity index (χ0n) is 17.5. The van der Waals surface area contributed by atoms with Gasteiger partial charge in [-0.1, -0.05) is 35.9 Å². The lowest BCUT2D eigenvalue weighted by molar-refractivity contribution is 0.104. The molecule has 0 aliphatic heterocycles. The van der Waals surface area contributed by atoms with Crippen molar-refractivity contribution in [3.63, 3.8) is 0 Å². The Morgan fingerprint density at radius 2 is 1.85 bits per heavy atom. The van der Waals surface area contributed by atoms with Crippen molar-refractivity contribution in [2.75, 3.05) is 4.72 Å². The molecule has 1 N–H and O–H groups in total. The van der Waals surface area contributed by atoms with E-state index in [9.17, 15) is 13.2 Å². The molecule has 3 heterocycles. The Morgan fingerprint density at radius 1 is 1.03 bits per heavy atom. The largest absolute Gasteiger partial charge is 0.287 e. The number of sulfonamides is 1. The second-order valence-electron chi connectivity index (χ2n) is 7.43. The van der Waals surface area contributed by atoms with Crippen LogP contribution in [0.1, 0.15) is 20.8 Å². The van der Waals surface area contributed by atoms with E-state index in [1.165, 1.54) is 17.5 Å². The SMILES string of the molecule is Cc1ccc(S(=O)(=O)Nc2cccc(-c3ccnc4c(C(=O)c5cccs5)cnn34)c2)cc1. The van der Waals surface area contributed by atoms with Crippen LogP contribution >= 0.6 is 11.3 Å². The minimum Gasteiger partial charge on any atom is -0.287 e. The molecule has 5 rings (SSSR count). The van der Waals surface area contributed by atoms with Crippen molar-refractivity contribution >= 4 is 38.5 Å². The van der Waals surface area contributed by atoms with Crippen LogP contribution in [-0.2, 0) is 10.0 Å². The van der Waals surface area contributed by atoms with Crippen LogP contribution in [0.5, 0.6) is 0 Å². The number of ketones is 1. The van der Waals surface area contributed by atoms with E-state index in [2.05, 4.69) is 14.8 Å². The van der Waals surface area contributed by atoms with Gasteiger partial charge in [-0.2, -0.15) is 5.10 Å². The number of aryl methyl sites for hydroxylation is 1. The smallest absolute Gasteiger partial charge is 0.261 e. The van der Waals surface area contributed by atoms with E-state index >= 15 is 0 Å². The van der Waals surface area contributed by atoms with Crippen LogP contribution in [0, 0.1) is 6.92 Å². The van der Waals surface area contributed by atoms with Crippen molar-refractivity contribution in [1.82, 2.24) is 14.6 Å². The first-order chi connectivity index (χ1) is 15.9. The summed E-state index contributed by atoms with van der Waals surface area (Å²) in [6.07, 6.45) is 3.12. The van der Waals surface area contributed by atoms with E-state index in [4.69, 9.17) is 0 Å². The summed E-state index contributed by atoms with van der Waals surface area (Å²) in [5.41, 5.74) is 3.66. The molecular weight excluding hydrogens is 456 g/mol. The first-order valence-corrected chi connectivity index (χ1v) is 12.4. The van der Waals surface area contributed by atoms with Gasteiger partial charge in [-0.3, -0.25) is 9.52 Å². The molecule has 0 saturated carbocycles. The molecule has 0 aliphatic rings. The van der Waals surface area contributed by atoms with Crippen molar-refractivity contribution in [1.29, 1.82) is 0 Å². The highest BCUT2D eigenvalue weighted by Gasteiger charge is 2.19. The number of thiophene rings is 1. The van der Waals surface area contributed by atoms with Gasteiger partial charge in [-0.15, -0.1) is 11.3 Å². The highest BCUT2D eigenvalue weighted by atomic mass is 32.2. The molecule has 7 nitrogen and oxygen atoms in total. The maximum Gasteiger partial charge on any atom is 0.261 e. The Balaban J connectivity index is 1.51. The second kappa shape index (κ2) is 8.27. The van der Waals surface area contributed by atoms with Gasteiger partial charge >= 0.3 is 0 Å². The molecule has 0 saturated heterocycles. The lowest BCUT2D eigenvalue weighted by Gasteiger charge is -2.11. The normalized spacial score (nSPS) is 11.5. The first-order valence-electron chi connectivity index (χ1n) is 10.0. The Bertz CT molecular complexity index is 1570. The topological polar surface area (TPSA) is 93.4 Å². The van der Waals surface area contributed by atoms with Crippen LogP contribution in [-0.4, -0.2) is 28.8 Å². The summed E-state index contributed by atoms with van der Waals surface area (Å²) < 4.78 is 29.8. The summed E-state index contributed by atoms with van der Waals surface area (Å²) >= 11 is 1.36. The summed E-state index contributed by atoms with van der Waals surface area (Å²) in [6.45, 7) is 1.90. The lowest BCUT2D eigenvalue weighted by Crippen LogP contribution is -2.13. The van der Waals surface area contributed by atoms with E-state index in [1.54, 1.807) is 65.3 Å². The van der Waals surface area contributed by atoms with Gasteiger partial charge in [-0.05, 0) is 48.7 Å². The molecule has 0 bridgehead atoms. The number of carbonyl (C=O) groups excluding carboxylic acids is 1. The molecule has 0 aliphatic carbocycles. The predicted octanol–water partition coefficient (Wildman–Crippen LogP) is 4.80. The van der Waals surface area contributed by atoms with Gasteiger partial charge in [0.05, 0.1) is 27.2 Å². The summed E-state index contributed by atoms with van der Waals surface area (Å²) in [7, 11) is -3.73. The van der Waals surface area contributed by atoms with Crippen LogP contribution in [0.2, 0.25) is 0 Å². The standard InChI is InChI=1S/C24H18N4O3S2/c1-16-7-9-19(10-8-16)33(30,31)27-18-5-2-4-17(14-18)21-11-12-25-24-20(15-26-28(21)24)23(29)22-6-3-13-32-22/h2-15,27H,1H3. The van der Waals surface area contributed by atoms with Crippen LogP contribution in [0.4, 0.5) is 5.69 Å². The molecule has 3 aromatic heterocycles. The number of anilines is 1. The van der Waals surface area contributed by atoms with Gasteiger partial charge in [0.1, 0.15) is 0 Å². The van der Waals surface area contributed by atoms with Crippen molar-refractivity contribution in [3.05, 3.63) is 101 Å². The predicted molar refractivity (Wildman–Crippen MR) is 128 cm³/mol. The summed E-state index contributed by atoms with van der Waals surface area (Å²) in [6, 6.07) is 19.0. The van der Waals surface area contributed by atoms with E-state index in [0.717, 1.165) is 11.1 Å². The van der Waals surface area contributed by atoms with Crippen LogP contribution in [0.3, 0.4) is 0 Å². The van der Waals surface area contributed by atoms with Gasteiger partial charge in [0.25, 0.3) is 10.0 Å². The Kier molecular flexibility index (Phi) is 5.27. The highest BCUT2D eigenvalue weighted by molar-refractivity contribution is 7.92. The summed E-state index contributed by atoms with van der Waals surface area (Å²) in [4.78, 5) is 18.0. The quantitative estimate of drug-likeness (QED) is 0.357. The molecule has 0 spiro atoms. The summed E-state index contributed by atoms with van der Waals surface area (Å²) in [5, 5.41) is 6.23. The molecule has 0 atom stereocenters. The summed E-state index contributed by atoms with van der Waals surface area (Å²) in [5.74, 6) is -0.135. The average Bonchev–Trinajstić information content (AvgIpc) is 3.49. The maximum atomic E-state index is 12.8. The fraction of sp³-hybridized carbons (Fsp3) is 0.0417. The number of nitrogens with one attached hydrogen (secondary N) is 1. The molecule has 164 valence electrons. The maximum absolute atomic E-state index is 12.8. The number of carbonyl (C=O) groups is 1. The van der Waals surface area contributed by atoms with E-state index in [0.29, 0.717) is 27.5 Å². The minimum absolute atomic E-state index is 0.135. The van der Waals surface area contributed by atoms with Gasteiger partial charge in [0.2, 0.25) is 5.78 Å². The number of hydrogen-bond acceptors (Lipinski definition) is 6. The molecule has 0 radical (unpaired) electrons. The average molecular weight is 475 g/mol. The third-order valence-corrected chi connectivity index (χ3v) is 7.40. The van der Waals surface area contributed by atoms with Crippen molar-refractivity contribution in [3.8, 4) is 11.3 Å². The fourth-order valence-electron chi connectivity index (χ4n) is 3.48. The number of nitrogens with zero attached hydrogens (tertiary/aromatic N) is 3. The number of fused-ring (bicyclic) bond motifs is 1. The Labute approximate surface area is 194 Å². The van der Waals surface area contributed by atoms with Crippen LogP contribution < -0.4 is 4.72 Å². The van der Waals surface area contributed by atoms with Gasteiger partial charge in [0.15, 0.2) is 5.65 Å². The van der Waals surface area contributed by atoms with E-state index < -0.39 is 10.0 Å². The van der Waals surface area contributed by atoms with E-state index in [1.807, 2.05) is 24.4 Å². The van der Waals surface area contributed by atoms with Crippen LogP contribution in [0.15, 0.2) is 89.4 Å². The molecule has 33 heavy (non-hydrogen) atoms. The third-order valence-electron chi connectivity index (χ3n) is 5.13. The fourth-order valence-corrected chi connectivity index (χ4v) is 5.21. The molecule has 5 aromatic rings. The second-order valence-corrected chi connectivity index (χ2v) is 10.1. The molecule has 9 heteroatoms. The number of rotatable bonds is 6. The number of benzene rings is 2. The lowest BCUT2D eigenvalue weighted by atomic mass is 10.1. The van der Waals surface area contributed by atoms with Gasteiger partial charge in [0, 0.05) is 17.4 Å². The Hall–Kier alpha value is -3.82. The molecular formula is C24H18N4O3S2. The van der Waals surface area contributed by atoms with Gasteiger partial charge < -0.3 is 0 Å². The van der Waals surface area contributed by atoms with Gasteiger partial charge in [-0.25, -0.2) is 17.9 Å². The highest BCUT2D eigenvalue weighted by Crippen LogP contribution is 2.26. The molecule has 0 unspecified atom stereocenters. The van der Waals surface area contributed by atoms with Crippen molar-refractivity contribution < 1.29 is 13.2 Å². The molecule has 0 amide bonds. The van der Waals surface area contributed by atoms with Crippen LogP contribution in [0.25, 0.3) is 16.9 Å². The molecule has 2 aromatic carbocycles. The Morgan fingerprint density at radius 3 is 2.61 bits per heavy atom. The first kappa shape index (κ1) is 21.0. The molecule has 0 fully saturated rings. The van der Waals surface area contributed by atoms with E-state index in [-0.39, 0.29) is 10.7 Å². The zero-order valence-corrected chi connectivity index (χ0v) is 19.1. The number of aromatic nitrogens is 3.